The lowest BCUT2D eigenvalue weighted by atomic mass is 10.2. The van der Waals surface area contributed by atoms with Crippen LogP contribution in [0.5, 0.6) is 5.88 Å². The van der Waals surface area contributed by atoms with Crippen LogP contribution < -0.4 is 15.8 Å². The Kier molecular flexibility index (Phi) is 5.35. The molecule has 6 nitrogen and oxygen atoms in total. The molecule has 1 aromatic heterocycles. The molecule has 1 atom stereocenters. The number of primary amides is 1. The first-order valence-corrected chi connectivity index (χ1v) is 7.19. The number of nitrogens with zero attached hydrogens (tertiary/aromatic N) is 1. The Morgan fingerprint density at radius 2 is 2.33 bits per heavy atom. The summed E-state index contributed by atoms with van der Waals surface area (Å²) in [7, 11) is 0. The van der Waals surface area contributed by atoms with Crippen LogP contribution in [-0.2, 0) is 17.9 Å². The van der Waals surface area contributed by atoms with Crippen molar-refractivity contribution in [2.75, 3.05) is 0 Å². The number of nitrogens with two attached hydrogens (primary N) is 1. The van der Waals surface area contributed by atoms with Crippen molar-refractivity contribution < 1.29 is 14.1 Å². The van der Waals surface area contributed by atoms with Crippen LogP contribution in [0.4, 0.5) is 0 Å². The molecule has 1 aromatic carbocycles. The van der Waals surface area contributed by atoms with Crippen LogP contribution in [0.25, 0.3) is 0 Å². The van der Waals surface area contributed by atoms with E-state index in [-0.39, 0.29) is 0 Å². The quantitative estimate of drug-likeness (QED) is 0.794. The summed E-state index contributed by atoms with van der Waals surface area (Å²) < 4.78 is 11.6. The van der Waals surface area contributed by atoms with Crippen LogP contribution >= 0.6 is 15.9 Å². The minimum absolute atomic E-state index is 0.358. The molecule has 2 rings (SSSR count). The van der Waals surface area contributed by atoms with Gasteiger partial charge in [0.1, 0.15) is 6.61 Å². The van der Waals surface area contributed by atoms with Gasteiger partial charge in [0.05, 0.1) is 12.6 Å². The van der Waals surface area contributed by atoms with Crippen LogP contribution in [0.15, 0.2) is 39.3 Å². The molecule has 1 amide bonds. The Balaban J connectivity index is 1.84. The van der Waals surface area contributed by atoms with E-state index < -0.39 is 11.9 Å². The number of benzene rings is 1. The number of carbonyl (C=O) groups excluding carboxylic acids is 1. The van der Waals surface area contributed by atoms with Gasteiger partial charge in [0.25, 0.3) is 5.88 Å². The number of aromatic nitrogens is 1. The van der Waals surface area contributed by atoms with E-state index in [1.54, 1.807) is 13.0 Å². The highest BCUT2D eigenvalue weighted by Gasteiger charge is 2.10. The summed E-state index contributed by atoms with van der Waals surface area (Å²) in [6, 6.07) is 9.06. The van der Waals surface area contributed by atoms with E-state index in [9.17, 15) is 4.79 Å². The van der Waals surface area contributed by atoms with Gasteiger partial charge in [-0.15, -0.1) is 0 Å². The molecule has 0 aliphatic rings. The first-order chi connectivity index (χ1) is 10.0. The molecule has 0 fully saturated rings. The molecule has 0 unspecified atom stereocenters. The fourth-order valence-corrected chi connectivity index (χ4v) is 2.03. The van der Waals surface area contributed by atoms with Crippen molar-refractivity contribution in [3.8, 4) is 5.88 Å². The number of hydrogen-bond donors (Lipinski definition) is 2. The van der Waals surface area contributed by atoms with E-state index in [0.29, 0.717) is 24.8 Å². The zero-order valence-electron chi connectivity index (χ0n) is 11.5. The molecule has 0 saturated heterocycles. The molecule has 0 radical (unpaired) electrons. The Morgan fingerprint density at radius 1 is 1.52 bits per heavy atom. The van der Waals surface area contributed by atoms with E-state index in [1.165, 1.54) is 0 Å². The van der Waals surface area contributed by atoms with Crippen molar-refractivity contribution in [1.29, 1.82) is 0 Å². The smallest absolute Gasteiger partial charge is 0.254 e. The Labute approximate surface area is 130 Å². The summed E-state index contributed by atoms with van der Waals surface area (Å²) in [4.78, 5) is 10.9. The molecule has 21 heavy (non-hydrogen) atoms. The number of ether oxygens (including phenoxy) is 1. The molecule has 0 saturated carbocycles. The minimum Gasteiger partial charge on any atom is -0.471 e. The molecular formula is C14H16BrN3O3. The average molecular weight is 354 g/mol. The van der Waals surface area contributed by atoms with Gasteiger partial charge >= 0.3 is 0 Å². The van der Waals surface area contributed by atoms with Gasteiger partial charge in [-0.25, -0.2) is 0 Å². The maximum absolute atomic E-state index is 10.9. The molecular weight excluding hydrogens is 338 g/mol. The molecule has 2 aromatic rings. The SMILES string of the molecule is C[C@H](NCc1cc(OCc2cccc(Br)c2)no1)C(N)=O. The summed E-state index contributed by atoms with van der Waals surface area (Å²) in [5, 5.41) is 6.73. The van der Waals surface area contributed by atoms with Crippen LogP contribution in [0.1, 0.15) is 18.2 Å². The maximum atomic E-state index is 10.9. The van der Waals surface area contributed by atoms with E-state index in [1.807, 2.05) is 24.3 Å². The molecule has 0 spiro atoms. The van der Waals surface area contributed by atoms with Gasteiger partial charge in [-0.05, 0) is 29.8 Å². The standard InChI is InChI=1S/C14H16BrN3O3/c1-9(14(16)19)17-7-12-6-13(18-21-12)20-8-10-3-2-4-11(15)5-10/h2-6,9,17H,7-8H2,1H3,(H2,16,19)/t9-/m0/s1. The Morgan fingerprint density at radius 3 is 3.05 bits per heavy atom. The highest BCUT2D eigenvalue weighted by molar-refractivity contribution is 9.10. The van der Waals surface area contributed by atoms with Gasteiger partial charge in [0, 0.05) is 10.5 Å². The predicted octanol–water partition coefficient (Wildman–Crippen LogP) is 1.98. The van der Waals surface area contributed by atoms with Crippen LogP contribution in [0.2, 0.25) is 0 Å². The lowest BCUT2D eigenvalue weighted by Crippen LogP contribution is -2.38. The lowest BCUT2D eigenvalue weighted by molar-refractivity contribution is -0.119. The first-order valence-electron chi connectivity index (χ1n) is 6.40. The largest absolute Gasteiger partial charge is 0.471 e. The minimum atomic E-state index is -0.430. The predicted molar refractivity (Wildman–Crippen MR) is 80.5 cm³/mol. The second-order valence-electron chi connectivity index (χ2n) is 4.56. The van der Waals surface area contributed by atoms with Crippen molar-refractivity contribution in [3.05, 3.63) is 46.1 Å². The van der Waals surface area contributed by atoms with Crippen molar-refractivity contribution in [2.24, 2.45) is 5.73 Å². The van der Waals surface area contributed by atoms with E-state index in [4.69, 9.17) is 15.0 Å². The third-order valence-corrected chi connectivity index (χ3v) is 3.32. The third-order valence-electron chi connectivity index (χ3n) is 2.82. The van der Waals surface area contributed by atoms with Crippen LogP contribution in [0.3, 0.4) is 0 Å². The second-order valence-corrected chi connectivity index (χ2v) is 5.47. The third kappa shape index (κ3) is 4.87. The highest BCUT2D eigenvalue weighted by Crippen LogP contribution is 2.16. The number of carbonyl (C=O) groups is 1. The van der Waals surface area contributed by atoms with E-state index >= 15 is 0 Å². The topological polar surface area (TPSA) is 90.4 Å². The number of hydrogen-bond acceptors (Lipinski definition) is 5. The van der Waals surface area contributed by atoms with Crippen molar-refractivity contribution >= 4 is 21.8 Å². The normalized spacial score (nSPS) is 12.1. The number of halogens is 1. The molecule has 0 bridgehead atoms. The van der Waals surface area contributed by atoms with Gasteiger partial charge in [0.15, 0.2) is 5.76 Å². The van der Waals surface area contributed by atoms with Gasteiger partial charge in [-0.3, -0.25) is 10.1 Å². The Bertz CT molecular complexity index is 615. The molecule has 1 heterocycles. The zero-order valence-corrected chi connectivity index (χ0v) is 13.1. The Hall–Kier alpha value is -1.86. The monoisotopic (exact) mass is 353 g/mol. The van der Waals surface area contributed by atoms with Crippen molar-refractivity contribution in [3.63, 3.8) is 0 Å². The number of nitrogens with one attached hydrogen (secondary N) is 1. The average Bonchev–Trinajstić information content (AvgIpc) is 2.90. The summed E-state index contributed by atoms with van der Waals surface area (Å²) in [6.07, 6.45) is 0. The summed E-state index contributed by atoms with van der Waals surface area (Å²) in [5.74, 6) is 0.562. The fourth-order valence-electron chi connectivity index (χ4n) is 1.58. The zero-order chi connectivity index (χ0) is 15.2. The summed E-state index contributed by atoms with van der Waals surface area (Å²) >= 11 is 3.40. The van der Waals surface area contributed by atoms with Gasteiger partial charge in [0.2, 0.25) is 5.91 Å². The number of rotatable bonds is 7. The molecule has 0 aliphatic carbocycles. The van der Waals surface area contributed by atoms with Gasteiger partial charge < -0.3 is 15.0 Å². The summed E-state index contributed by atoms with van der Waals surface area (Å²) in [5.41, 5.74) is 6.18. The molecule has 7 heteroatoms. The van der Waals surface area contributed by atoms with E-state index in [0.717, 1.165) is 10.0 Å². The molecule has 112 valence electrons. The second kappa shape index (κ2) is 7.24. The lowest BCUT2D eigenvalue weighted by Gasteiger charge is -2.06. The molecule has 0 aliphatic heterocycles. The summed E-state index contributed by atoms with van der Waals surface area (Å²) in [6.45, 7) is 2.44. The highest BCUT2D eigenvalue weighted by atomic mass is 79.9. The number of amides is 1. The fraction of sp³-hybridized carbons (Fsp3) is 0.286. The van der Waals surface area contributed by atoms with Crippen molar-refractivity contribution in [1.82, 2.24) is 10.5 Å². The first kappa shape index (κ1) is 15.5. The van der Waals surface area contributed by atoms with Crippen LogP contribution in [-0.4, -0.2) is 17.1 Å². The van der Waals surface area contributed by atoms with Crippen molar-refractivity contribution in [2.45, 2.75) is 26.1 Å². The van der Waals surface area contributed by atoms with Crippen LogP contribution in [0, 0.1) is 0 Å². The van der Waals surface area contributed by atoms with E-state index in [2.05, 4.69) is 26.4 Å². The van der Waals surface area contributed by atoms with Gasteiger partial charge in [-0.1, -0.05) is 28.1 Å². The maximum Gasteiger partial charge on any atom is 0.254 e. The molecule has 3 N–H and O–H groups in total. The van der Waals surface area contributed by atoms with Gasteiger partial charge in [-0.2, -0.15) is 0 Å².